The minimum absolute atomic E-state index is 0.217. The summed E-state index contributed by atoms with van der Waals surface area (Å²) in [5.74, 6) is 0. The number of rotatable bonds is 2. The van der Waals surface area contributed by atoms with Crippen molar-refractivity contribution in [2.45, 2.75) is 26.4 Å². The highest BCUT2D eigenvalue weighted by atomic mass is 16.3. The lowest BCUT2D eigenvalue weighted by atomic mass is 9.72. The smallest absolute Gasteiger partial charge is 0.107 e. The Morgan fingerprint density at radius 3 is 2.17 bits per heavy atom. The van der Waals surface area contributed by atoms with Gasteiger partial charge in [0.15, 0.2) is 0 Å². The molecule has 3 N–H and O–H groups in total. The Morgan fingerprint density at radius 2 is 1.61 bits per heavy atom. The maximum absolute atomic E-state index is 10.9. The fourth-order valence-corrected chi connectivity index (χ4v) is 2.30. The van der Waals surface area contributed by atoms with Crippen LogP contribution in [0.2, 0.25) is 0 Å². The highest BCUT2D eigenvalue weighted by Crippen LogP contribution is 2.39. The van der Waals surface area contributed by atoms with E-state index in [0.717, 1.165) is 10.9 Å². The number of aliphatic hydroxyl groups is 1. The SMILES string of the molecule is CC(C)(C)C(O)(CN)c1ccc2ccccc2c1. The normalized spacial score (nSPS) is 15.6. The van der Waals surface area contributed by atoms with Gasteiger partial charge in [0.25, 0.3) is 0 Å². The summed E-state index contributed by atoms with van der Waals surface area (Å²) in [6.45, 7) is 6.24. The van der Waals surface area contributed by atoms with Crippen molar-refractivity contribution >= 4 is 10.8 Å². The van der Waals surface area contributed by atoms with Gasteiger partial charge >= 0.3 is 0 Å². The van der Waals surface area contributed by atoms with Crippen LogP contribution in [-0.2, 0) is 5.60 Å². The molecule has 0 aliphatic heterocycles. The van der Waals surface area contributed by atoms with Crippen molar-refractivity contribution in [1.29, 1.82) is 0 Å². The van der Waals surface area contributed by atoms with Gasteiger partial charge in [0.05, 0.1) is 0 Å². The van der Waals surface area contributed by atoms with Crippen molar-refractivity contribution in [1.82, 2.24) is 0 Å². The van der Waals surface area contributed by atoms with Crippen LogP contribution in [0.1, 0.15) is 26.3 Å². The van der Waals surface area contributed by atoms with Crippen LogP contribution in [-0.4, -0.2) is 11.7 Å². The van der Waals surface area contributed by atoms with Crippen LogP contribution in [0.4, 0.5) is 0 Å². The number of fused-ring (bicyclic) bond motifs is 1. The molecule has 1 unspecified atom stereocenters. The topological polar surface area (TPSA) is 46.2 Å². The Morgan fingerprint density at radius 1 is 1.00 bits per heavy atom. The lowest BCUT2D eigenvalue weighted by Gasteiger charge is -2.40. The largest absolute Gasteiger partial charge is 0.383 e. The molecule has 18 heavy (non-hydrogen) atoms. The molecule has 2 rings (SSSR count). The Labute approximate surface area is 108 Å². The molecule has 0 fully saturated rings. The van der Waals surface area contributed by atoms with Crippen molar-refractivity contribution < 1.29 is 5.11 Å². The molecule has 0 amide bonds. The highest BCUT2D eigenvalue weighted by molar-refractivity contribution is 5.83. The summed E-state index contributed by atoms with van der Waals surface area (Å²) in [6, 6.07) is 14.2. The van der Waals surface area contributed by atoms with Gasteiger partial charge in [-0.2, -0.15) is 0 Å². The van der Waals surface area contributed by atoms with Crippen LogP contribution >= 0.6 is 0 Å². The van der Waals surface area contributed by atoms with Gasteiger partial charge in [-0.1, -0.05) is 57.2 Å². The molecule has 0 aromatic heterocycles. The van der Waals surface area contributed by atoms with Gasteiger partial charge in [0.2, 0.25) is 0 Å². The minimum atomic E-state index is -1.00. The quantitative estimate of drug-likeness (QED) is 0.851. The fourth-order valence-electron chi connectivity index (χ4n) is 2.30. The third-order valence-electron chi connectivity index (χ3n) is 3.76. The molecule has 1 atom stereocenters. The number of hydrogen-bond acceptors (Lipinski definition) is 2. The molecule has 0 aliphatic carbocycles. The van der Waals surface area contributed by atoms with Gasteiger partial charge in [0, 0.05) is 6.54 Å². The van der Waals surface area contributed by atoms with Crippen molar-refractivity contribution in [2.24, 2.45) is 11.1 Å². The predicted octanol–water partition coefficient (Wildman–Crippen LogP) is 3.03. The predicted molar refractivity (Wildman–Crippen MR) is 76.4 cm³/mol. The van der Waals surface area contributed by atoms with Gasteiger partial charge < -0.3 is 10.8 Å². The van der Waals surface area contributed by atoms with Crippen LogP contribution in [0.15, 0.2) is 42.5 Å². The summed E-state index contributed by atoms with van der Waals surface area (Å²) >= 11 is 0. The molecule has 0 aliphatic rings. The summed E-state index contributed by atoms with van der Waals surface area (Å²) in [4.78, 5) is 0. The van der Waals surface area contributed by atoms with Crippen molar-refractivity contribution in [3.05, 3.63) is 48.0 Å². The van der Waals surface area contributed by atoms with E-state index in [1.807, 2.05) is 51.1 Å². The summed E-state index contributed by atoms with van der Waals surface area (Å²) in [6.07, 6.45) is 0. The highest BCUT2D eigenvalue weighted by Gasteiger charge is 2.40. The summed E-state index contributed by atoms with van der Waals surface area (Å²) < 4.78 is 0. The Kier molecular flexibility index (Phi) is 3.18. The van der Waals surface area contributed by atoms with E-state index in [1.165, 1.54) is 5.39 Å². The molecule has 0 heterocycles. The van der Waals surface area contributed by atoms with E-state index in [1.54, 1.807) is 0 Å². The van der Waals surface area contributed by atoms with Crippen LogP contribution in [0.3, 0.4) is 0 Å². The number of nitrogens with two attached hydrogens (primary N) is 1. The molecule has 2 aromatic rings. The molecular weight excluding hydrogens is 222 g/mol. The molecule has 2 nitrogen and oxygen atoms in total. The third-order valence-corrected chi connectivity index (χ3v) is 3.76. The van der Waals surface area contributed by atoms with E-state index in [0.29, 0.717) is 0 Å². The first kappa shape index (κ1) is 13.1. The fraction of sp³-hybridized carbons (Fsp3) is 0.375. The van der Waals surface area contributed by atoms with E-state index in [-0.39, 0.29) is 12.0 Å². The Balaban J connectivity index is 2.59. The standard InChI is InChI=1S/C16H21NO/c1-15(2,3)16(18,11-17)14-9-8-12-6-4-5-7-13(12)10-14/h4-10,18H,11,17H2,1-3H3. The van der Waals surface area contributed by atoms with Gasteiger partial charge in [-0.05, 0) is 27.8 Å². The Bertz CT molecular complexity index is 556. The molecule has 0 saturated heterocycles. The second-order valence-electron chi connectivity index (χ2n) is 5.88. The van der Waals surface area contributed by atoms with Crippen LogP contribution < -0.4 is 5.73 Å². The molecular formula is C16H21NO. The number of hydrogen-bond donors (Lipinski definition) is 2. The van der Waals surface area contributed by atoms with E-state index < -0.39 is 5.60 Å². The van der Waals surface area contributed by atoms with Crippen LogP contribution in [0, 0.1) is 5.41 Å². The lowest BCUT2D eigenvalue weighted by Crippen LogP contribution is -2.46. The summed E-state index contributed by atoms with van der Waals surface area (Å²) in [5, 5.41) is 13.2. The van der Waals surface area contributed by atoms with Crippen LogP contribution in [0.25, 0.3) is 10.8 Å². The molecule has 96 valence electrons. The lowest BCUT2D eigenvalue weighted by molar-refractivity contribution is -0.0556. The average Bonchev–Trinajstić information content (AvgIpc) is 2.35. The first-order valence-electron chi connectivity index (χ1n) is 6.30. The molecule has 2 heteroatoms. The van der Waals surface area contributed by atoms with E-state index >= 15 is 0 Å². The maximum atomic E-state index is 10.9. The summed E-state index contributed by atoms with van der Waals surface area (Å²) in [5.41, 5.74) is 5.40. The molecule has 0 saturated carbocycles. The van der Waals surface area contributed by atoms with Gasteiger partial charge in [-0.25, -0.2) is 0 Å². The van der Waals surface area contributed by atoms with E-state index in [9.17, 15) is 5.11 Å². The third kappa shape index (κ3) is 2.02. The zero-order valence-electron chi connectivity index (χ0n) is 11.3. The van der Waals surface area contributed by atoms with Crippen molar-refractivity contribution in [3.8, 4) is 0 Å². The van der Waals surface area contributed by atoms with Gasteiger partial charge in [-0.15, -0.1) is 0 Å². The minimum Gasteiger partial charge on any atom is -0.383 e. The monoisotopic (exact) mass is 243 g/mol. The molecule has 0 radical (unpaired) electrons. The second-order valence-corrected chi connectivity index (χ2v) is 5.88. The second kappa shape index (κ2) is 4.38. The molecule has 2 aromatic carbocycles. The average molecular weight is 243 g/mol. The molecule has 0 spiro atoms. The van der Waals surface area contributed by atoms with Gasteiger partial charge in [0.1, 0.15) is 5.60 Å². The van der Waals surface area contributed by atoms with E-state index in [2.05, 4.69) is 12.1 Å². The number of benzene rings is 2. The molecule has 0 bridgehead atoms. The zero-order valence-corrected chi connectivity index (χ0v) is 11.3. The van der Waals surface area contributed by atoms with Crippen molar-refractivity contribution in [3.63, 3.8) is 0 Å². The van der Waals surface area contributed by atoms with Crippen LogP contribution in [0.5, 0.6) is 0 Å². The van der Waals surface area contributed by atoms with Crippen molar-refractivity contribution in [2.75, 3.05) is 6.54 Å². The maximum Gasteiger partial charge on any atom is 0.107 e. The van der Waals surface area contributed by atoms with Gasteiger partial charge in [-0.3, -0.25) is 0 Å². The first-order valence-corrected chi connectivity index (χ1v) is 6.30. The zero-order chi connectivity index (χ0) is 13.4. The first-order chi connectivity index (χ1) is 8.38. The summed E-state index contributed by atoms with van der Waals surface area (Å²) in [7, 11) is 0. The Hall–Kier alpha value is -1.38. The van der Waals surface area contributed by atoms with E-state index in [4.69, 9.17) is 5.73 Å².